The summed E-state index contributed by atoms with van der Waals surface area (Å²) in [6, 6.07) is 9.91. The average molecular weight is 277 g/mol. The van der Waals surface area contributed by atoms with Crippen LogP contribution in [0.1, 0.15) is 18.4 Å². The van der Waals surface area contributed by atoms with Crippen LogP contribution in [0.3, 0.4) is 0 Å². The van der Waals surface area contributed by atoms with Gasteiger partial charge < -0.3 is 9.84 Å². The quantitative estimate of drug-likeness (QED) is 0.827. The van der Waals surface area contributed by atoms with E-state index in [4.69, 9.17) is 0 Å². The third-order valence-electron chi connectivity index (χ3n) is 3.85. The highest BCUT2D eigenvalue weighted by Gasteiger charge is 2.46. The fourth-order valence-corrected chi connectivity index (χ4v) is 2.68. The highest BCUT2D eigenvalue weighted by atomic mass is 16.5. The van der Waals surface area contributed by atoms with Crippen molar-refractivity contribution in [3.63, 3.8) is 0 Å². The Morgan fingerprint density at radius 1 is 1.35 bits per heavy atom. The van der Waals surface area contributed by atoms with E-state index < -0.39 is 17.4 Å². The summed E-state index contributed by atoms with van der Waals surface area (Å²) in [6.07, 6.45) is 0.411. The fraction of sp³-hybridized carbons (Fsp3) is 0.467. The first-order valence-corrected chi connectivity index (χ1v) is 6.62. The molecule has 0 aromatic heterocycles. The minimum Gasteiger partial charge on any atom is -0.481 e. The lowest BCUT2D eigenvalue weighted by molar-refractivity contribution is -0.156. The molecule has 2 rings (SSSR count). The van der Waals surface area contributed by atoms with Crippen molar-refractivity contribution in [3.8, 4) is 0 Å². The first kappa shape index (κ1) is 14.5. The van der Waals surface area contributed by atoms with Crippen molar-refractivity contribution >= 4 is 11.9 Å². The molecule has 0 radical (unpaired) electrons. The van der Waals surface area contributed by atoms with Crippen LogP contribution < -0.4 is 0 Å². The SMILES string of the molecule is COC(=O)CC1(C(=O)O)CCN(Cc2ccccc2)C1. The number of likely N-dealkylation sites (tertiary alicyclic amines) is 1. The largest absolute Gasteiger partial charge is 0.481 e. The van der Waals surface area contributed by atoms with Gasteiger partial charge in [-0.05, 0) is 18.5 Å². The van der Waals surface area contributed by atoms with Gasteiger partial charge >= 0.3 is 11.9 Å². The molecule has 108 valence electrons. The molecule has 0 saturated carbocycles. The van der Waals surface area contributed by atoms with Crippen LogP contribution in [0.15, 0.2) is 30.3 Å². The van der Waals surface area contributed by atoms with Crippen LogP contribution in [-0.4, -0.2) is 42.1 Å². The van der Waals surface area contributed by atoms with Crippen LogP contribution in [0.4, 0.5) is 0 Å². The van der Waals surface area contributed by atoms with Gasteiger partial charge in [0.2, 0.25) is 0 Å². The predicted molar refractivity (Wildman–Crippen MR) is 73.0 cm³/mol. The molecule has 1 heterocycles. The topological polar surface area (TPSA) is 66.8 Å². The third-order valence-corrected chi connectivity index (χ3v) is 3.85. The molecule has 1 aromatic rings. The number of benzene rings is 1. The van der Waals surface area contributed by atoms with E-state index in [9.17, 15) is 14.7 Å². The highest BCUT2D eigenvalue weighted by Crippen LogP contribution is 2.35. The molecule has 20 heavy (non-hydrogen) atoms. The molecule has 1 fully saturated rings. The minimum absolute atomic E-state index is 0.0654. The van der Waals surface area contributed by atoms with Crippen LogP contribution in [-0.2, 0) is 20.9 Å². The molecule has 1 aliphatic heterocycles. The second-order valence-corrected chi connectivity index (χ2v) is 5.28. The molecule has 1 saturated heterocycles. The van der Waals surface area contributed by atoms with Crippen molar-refractivity contribution in [3.05, 3.63) is 35.9 Å². The second-order valence-electron chi connectivity index (χ2n) is 5.28. The lowest BCUT2D eigenvalue weighted by Gasteiger charge is -2.23. The Morgan fingerprint density at radius 3 is 2.65 bits per heavy atom. The molecule has 0 amide bonds. The van der Waals surface area contributed by atoms with Gasteiger partial charge in [0.1, 0.15) is 0 Å². The number of aliphatic carboxylic acids is 1. The van der Waals surface area contributed by atoms with Crippen LogP contribution in [0.5, 0.6) is 0 Å². The maximum absolute atomic E-state index is 11.5. The number of ether oxygens (including phenoxy) is 1. The molecule has 0 aliphatic carbocycles. The van der Waals surface area contributed by atoms with Gasteiger partial charge in [-0.1, -0.05) is 30.3 Å². The zero-order valence-corrected chi connectivity index (χ0v) is 11.5. The molecule has 5 heteroatoms. The van der Waals surface area contributed by atoms with Gasteiger partial charge in [-0.25, -0.2) is 0 Å². The number of hydrogen-bond donors (Lipinski definition) is 1. The molecule has 0 bridgehead atoms. The Labute approximate surface area is 118 Å². The summed E-state index contributed by atoms with van der Waals surface area (Å²) >= 11 is 0. The summed E-state index contributed by atoms with van der Waals surface area (Å²) in [4.78, 5) is 25.1. The maximum atomic E-state index is 11.5. The molecule has 0 spiro atoms. The summed E-state index contributed by atoms with van der Waals surface area (Å²) in [6.45, 7) is 1.77. The zero-order chi connectivity index (χ0) is 14.6. The van der Waals surface area contributed by atoms with E-state index in [-0.39, 0.29) is 6.42 Å². The van der Waals surface area contributed by atoms with E-state index in [1.165, 1.54) is 7.11 Å². The van der Waals surface area contributed by atoms with Crippen molar-refractivity contribution in [1.82, 2.24) is 4.90 Å². The van der Waals surface area contributed by atoms with E-state index >= 15 is 0 Å². The molecular formula is C15H19NO4. The van der Waals surface area contributed by atoms with Gasteiger partial charge in [-0.2, -0.15) is 0 Å². The zero-order valence-electron chi connectivity index (χ0n) is 11.5. The van der Waals surface area contributed by atoms with Crippen molar-refractivity contribution in [1.29, 1.82) is 0 Å². The number of carbonyl (C=O) groups excluding carboxylic acids is 1. The highest BCUT2D eigenvalue weighted by molar-refractivity contribution is 5.82. The van der Waals surface area contributed by atoms with E-state index in [1.54, 1.807) is 0 Å². The van der Waals surface area contributed by atoms with E-state index in [0.717, 1.165) is 5.56 Å². The molecule has 1 N–H and O–H groups in total. The second kappa shape index (κ2) is 6.05. The lowest BCUT2D eigenvalue weighted by atomic mass is 9.84. The lowest BCUT2D eigenvalue weighted by Crippen LogP contribution is -2.37. The van der Waals surface area contributed by atoms with Crippen LogP contribution >= 0.6 is 0 Å². The number of nitrogens with zero attached hydrogens (tertiary/aromatic N) is 1. The fourth-order valence-electron chi connectivity index (χ4n) is 2.68. The molecule has 1 aliphatic rings. The molecule has 5 nitrogen and oxygen atoms in total. The molecular weight excluding hydrogens is 258 g/mol. The number of rotatable bonds is 5. The van der Waals surface area contributed by atoms with Crippen LogP contribution in [0, 0.1) is 5.41 Å². The number of carbonyl (C=O) groups is 2. The maximum Gasteiger partial charge on any atom is 0.311 e. The van der Waals surface area contributed by atoms with Crippen LogP contribution in [0.2, 0.25) is 0 Å². The van der Waals surface area contributed by atoms with Crippen molar-refractivity contribution < 1.29 is 19.4 Å². The third kappa shape index (κ3) is 3.17. The molecule has 1 unspecified atom stereocenters. The number of carboxylic acid groups (broad SMARTS) is 1. The summed E-state index contributed by atoms with van der Waals surface area (Å²) in [5.41, 5.74) is 0.133. The number of hydrogen-bond acceptors (Lipinski definition) is 4. The first-order valence-electron chi connectivity index (χ1n) is 6.62. The summed E-state index contributed by atoms with van der Waals surface area (Å²) in [5, 5.41) is 9.46. The Balaban J connectivity index is 2.04. The van der Waals surface area contributed by atoms with Crippen molar-refractivity contribution in [2.45, 2.75) is 19.4 Å². The molecule has 1 aromatic carbocycles. The van der Waals surface area contributed by atoms with E-state index in [0.29, 0.717) is 26.1 Å². The number of esters is 1. The van der Waals surface area contributed by atoms with Crippen molar-refractivity contribution in [2.24, 2.45) is 5.41 Å². The number of methoxy groups -OCH3 is 1. The van der Waals surface area contributed by atoms with Crippen molar-refractivity contribution in [2.75, 3.05) is 20.2 Å². The van der Waals surface area contributed by atoms with E-state index in [2.05, 4.69) is 9.64 Å². The van der Waals surface area contributed by atoms with Gasteiger partial charge in [0.25, 0.3) is 0 Å². The summed E-state index contributed by atoms with van der Waals surface area (Å²) in [7, 11) is 1.29. The van der Waals surface area contributed by atoms with Crippen LogP contribution in [0.25, 0.3) is 0 Å². The predicted octanol–water partition coefficient (Wildman–Crippen LogP) is 1.53. The Morgan fingerprint density at radius 2 is 2.05 bits per heavy atom. The Bertz CT molecular complexity index is 488. The first-order chi connectivity index (χ1) is 9.55. The Kier molecular flexibility index (Phi) is 4.39. The van der Waals surface area contributed by atoms with Gasteiger partial charge in [0.15, 0.2) is 0 Å². The van der Waals surface area contributed by atoms with Gasteiger partial charge in [0.05, 0.1) is 18.9 Å². The summed E-state index contributed by atoms with van der Waals surface area (Å²) in [5.74, 6) is -1.38. The van der Waals surface area contributed by atoms with Gasteiger partial charge in [-0.15, -0.1) is 0 Å². The Hall–Kier alpha value is -1.88. The molecule has 1 atom stereocenters. The minimum atomic E-state index is -1.01. The van der Waals surface area contributed by atoms with Gasteiger partial charge in [0, 0.05) is 13.1 Å². The smallest absolute Gasteiger partial charge is 0.311 e. The average Bonchev–Trinajstić information content (AvgIpc) is 2.84. The monoisotopic (exact) mass is 277 g/mol. The summed E-state index contributed by atoms with van der Waals surface area (Å²) < 4.78 is 4.62. The van der Waals surface area contributed by atoms with E-state index in [1.807, 2.05) is 30.3 Å². The standard InChI is InChI=1S/C15H19NO4/c1-20-13(17)9-15(14(18)19)7-8-16(11-15)10-12-5-3-2-4-6-12/h2-6H,7-11H2,1H3,(H,18,19). The normalized spacial score (nSPS) is 22.6. The van der Waals surface area contributed by atoms with Gasteiger partial charge in [-0.3, -0.25) is 14.5 Å². The number of carboxylic acids is 1.